The Balaban J connectivity index is 2.01. The van der Waals surface area contributed by atoms with Crippen LogP contribution < -0.4 is 5.32 Å². The Morgan fingerprint density at radius 1 is 1.59 bits per heavy atom. The molecule has 96 valence electrons. The van der Waals surface area contributed by atoms with Crippen LogP contribution in [-0.4, -0.2) is 35.6 Å². The minimum Gasteiger partial charge on any atom is -0.381 e. The fourth-order valence-corrected chi connectivity index (χ4v) is 2.35. The highest BCUT2D eigenvalue weighted by atomic mass is 16.5. The van der Waals surface area contributed by atoms with Crippen LogP contribution in [0.1, 0.15) is 26.0 Å². The summed E-state index contributed by atoms with van der Waals surface area (Å²) < 4.78 is 7.47. The van der Waals surface area contributed by atoms with Crippen molar-refractivity contribution in [2.45, 2.75) is 32.7 Å². The van der Waals surface area contributed by atoms with Crippen LogP contribution in [0.25, 0.3) is 0 Å². The molecule has 0 aliphatic carbocycles. The van der Waals surface area contributed by atoms with Crippen LogP contribution in [0, 0.1) is 5.41 Å². The van der Waals surface area contributed by atoms with E-state index < -0.39 is 0 Å². The Kier molecular flexibility index (Phi) is 3.84. The van der Waals surface area contributed by atoms with E-state index in [-0.39, 0.29) is 5.41 Å². The maximum atomic E-state index is 5.60. The summed E-state index contributed by atoms with van der Waals surface area (Å²) in [4.78, 5) is 0. The van der Waals surface area contributed by atoms with Gasteiger partial charge in [0.2, 0.25) is 0 Å². The lowest BCUT2D eigenvalue weighted by atomic mass is 9.82. The summed E-state index contributed by atoms with van der Waals surface area (Å²) in [5, 5.41) is 8.02. The van der Waals surface area contributed by atoms with Crippen molar-refractivity contribution in [3.05, 3.63) is 18.0 Å². The molecule has 4 nitrogen and oxygen atoms in total. The molecule has 0 saturated carbocycles. The highest BCUT2D eigenvalue weighted by Crippen LogP contribution is 2.31. The maximum absolute atomic E-state index is 5.60. The monoisotopic (exact) mass is 237 g/mol. The molecule has 2 rings (SSSR count). The van der Waals surface area contributed by atoms with Crippen molar-refractivity contribution in [3.63, 3.8) is 0 Å². The number of nitrogens with one attached hydrogen (secondary N) is 1. The summed E-state index contributed by atoms with van der Waals surface area (Å²) in [7, 11) is 1.97. The second-order valence-electron chi connectivity index (χ2n) is 5.50. The van der Waals surface area contributed by atoms with E-state index in [1.54, 1.807) is 0 Å². The summed E-state index contributed by atoms with van der Waals surface area (Å²) in [5.41, 5.74) is 1.40. The van der Waals surface area contributed by atoms with Crippen LogP contribution in [0.2, 0.25) is 0 Å². The van der Waals surface area contributed by atoms with E-state index in [0.717, 1.165) is 32.6 Å². The highest BCUT2D eigenvalue weighted by Gasteiger charge is 2.35. The number of hydrogen-bond acceptors (Lipinski definition) is 3. The lowest BCUT2D eigenvalue weighted by molar-refractivity contribution is 0.147. The van der Waals surface area contributed by atoms with Gasteiger partial charge in [-0.15, -0.1) is 0 Å². The average Bonchev–Trinajstić information content (AvgIpc) is 2.87. The smallest absolute Gasteiger partial charge is 0.0631 e. The minimum atomic E-state index is 0.235. The molecule has 1 aliphatic heterocycles. The van der Waals surface area contributed by atoms with E-state index in [0.29, 0.717) is 6.04 Å². The van der Waals surface area contributed by atoms with Crippen LogP contribution in [0.15, 0.2) is 12.3 Å². The van der Waals surface area contributed by atoms with Crippen LogP contribution in [-0.2, 0) is 18.2 Å². The summed E-state index contributed by atoms with van der Waals surface area (Å²) in [6.07, 6.45) is 4.14. The zero-order valence-corrected chi connectivity index (χ0v) is 11.1. The standard InChI is InChI=1S/C13H23N3O/c1-11(2)14-9-13(5-7-17-10-13)8-12-4-6-16(3)15-12/h4,6,11,14H,5,7-10H2,1-3H3. The Bertz CT molecular complexity index is 353. The highest BCUT2D eigenvalue weighted by molar-refractivity contribution is 5.05. The van der Waals surface area contributed by atoms with Crippen molar-refractivity contribution in [1.82, 2.24) is 15.1 Å². The molecule has 17 heavy (non-hydrogen) atoms. The zero-order chi connectivity index (χ0) is 12.3. The van der Waals surface area contributed by atoms with Crippen LogP contribution in [0.4, 0.5) is 0 Å². The van der Waals surface area contributed by atoms with Crippen molar-refractivity contribution in [3.8, 4) is 0 Å². The van der Waals surface area contributed by atoms with Crippen LogP contribution in [0.5, 0.6) is 0 Å². The van der Waals surface area contributed by atoms with Gasteiger partial charge in [0, 0.05) is 44.3 Å². The molecule has 4 heteroatoms. The van der Waals surface area contributed by atoms with Gasteiger partial charge in [-0.05, 0) is 12.5 Å². The summed E-state index contributed by atoms with van der Waals surface area (Å²) in [6.45, 7) is 7.12. The lowest BCUT2D eigenvalue weighted by Gasteiger charge is -2.28. The predicted octanol–water partition coefficient (Wildman–Crippen LogP) is 1.37. The van der Waals surface area contributed by atoms with Crippen LogP contribution >= 0.6 is 0 Å². The fourth-order valence-electron chi connectivity index (χ4n) is 2.35. The molecular formula is C13H23N3O. The number of aryl methyl sites for hydroxylation is 1. The van der Waals surface area contributed by atoms with Gasteiger partial charge in [-0.1, -0.05) is 13.8 Å². The Morgan fingerprint density at radius 2 is 2.41 bits per heavy atom. The van der Waals surface area contributed by atoms with Gasteiger partial charge >= 0.3 is 0 Å². The molecular weight excluding hydrogens is 214 g/mol. The van der Waals surface area contributed by atoms with E-state index >= 15 is 0 Å². The maximum Gasteiger partial charge on any atom is 0.0631 e. The molecule has 0 amide bonds. The molecule has 1 N–H and O–H groups in total. The Hall–Kier alpha value is -0.870. The molecule has 1 aliphatic rings. The van der Waals surface area contributed by atoms with E-state index in [1.807, 2.05) is 17.9 Å². The summed E-state index contributed by atoms with van der Waals surface area (Å²) in [5.74, 6) is 0. The molecule has 0 aromatic carbocycles. The molecule has 1 atom stereocenters. The van der Waals surface area contributed by atoms with Gasteiger partial charge < -0.3 is 10.1 Å². The van der Waals surface area contributed by atoms with E-state index in [4.69, 9.17) is 4.74 Å². The first kappa shape index (κ1) is 12.6. The van der Waals surface area contributed by atoms with Gasteiger partial charge in [0.05, 0.1) is 12.3 Å². The second kappa shape index (κ2) is 5.19. The number of ether oxygens (including phenoxy) is 1. The largest absolute Gasteiger partial charge is 0.381 e. The topological polar surface area (TPSA) is 39.1 Å². The van der Waals surface area contributed by atoms with Gasteiger partial charge in [0.1, 0.15) is 0 Å². The Labute approximate surface area is 103 Å². The fraction of sp³-hybridized carbons (Fsp3) is 0.769. The van der Waals surface area contributed by atoms with Crippen molar-refractivity contribution in [1.29, 1.82) is 0 Å². The third-order valence-corrected chi connectivity index (χ3v) is 3.40. The molecule has 1 aromatic rings. The lowest BCUT2D eigenvalue weighted by Crippen LogP contribution is -2.39. The molecule has 0 radical (unpaired) electrons. The third-order valence-electron chi connectivity index (χ3n) is 3.40. The zero-order valence-electron chi connectivity index (χ0n) is 11.1. The molecule has 1 saturated heterocycles. The molecule has 1 fully saturated rings. The van der Waals surface area contributed by atoms with Gasteiger partial charge in [0.25, 0.3) is 0 Å². The second-order valence-corrected chi connectivity index (χ2v) is 5.50. The first-order chi connectivity index (χ1) is 8.10. The SMILES string of the molecule is CC(C)NCC1(Cc2ccn(C)n2)CCOC1. The first-order valence-electron chi connectivity index (χ1n) is 6.39. The van der Waals surface area contributed by atoms with Gasteiger partial charge in [-0.2, -0.15) is 5.10 Å². The normalized spacial score (nSPS) is 24.7. The predicted molar refractivity (Wildman–Crippen MR) is 67.9 cm³/mol. The minimum absolute atomic E-state index is 0.235. The van der Waals surface area contributed by atoms with Crippen molar-refractivity contribution in [2.24, 2.45) is 12.5 Å². The van der Waals surface area contributed by atoms with Gasteiger partial charge in [-0.3, -0.25) is 4.68 Å². The summed E-state index contributed by atoms with van der Waals surface area (Å²) >= 11 is 0. The third kappa shape index (κ3) is 3.30. The van der Waals surface area contributed by atoms with Gasteiger partial charge in [-0.25, -0.2) is 0 Å². The van der Waals surface area contributed by atoms with Crippen LogP contribution in [0.3, 0.4) is 0 Å². The molecule has 1 unspecified atom stereocenters. The molecule has 2 heterocycles. The Morgan fingerprint density at radius 3 is 2.94 bits per heavy atom. The van der Waals surface area contributed by atoms with Crippen molar-refractivity contribution in [2.75, 3.05) is 19.8 Å². The number of aromatic nitrogens is 2. The van der Waals surface area contributed by atoms with E-state index in [9.17, 15) is 0 Å². The average molecular weight is 237 g/mol. The molecule has 0 spiro atoms. The quantitative estimate of drug-likeness (QED) is 0.840. The van der Waals surface area contributed by atoms with E-state index in [1.165, 1.54) is 5.69 Å². The molecule has 0 bridgehead atoms. The van der Waals surface area contributed by atoms with Crippen molar-refractivity contribution < 1.29 is 4.74 Å². The van der Waals surface area contributed by atoms with E-state index in [2.05, 4.69) is 30.3 Å². The van der Waals surface area contributed by atoms with Gasteiger partial charge in [0.15, 0.2) is 0 Å². The number of nitrogens with zero attached hydrogens (tertiary/aromatic N) is 2. The number of rotatable bonds is 5. The van der Waals surface area contributed by atoms with Crippen molar-refractivity contribution >= 4 is 0 Å². The first-order valence-corrected chi connectivity index (χ1v) is 6.39. The molecule has 1 aromatic heterocycles. The summed E-state index contributed by atoms with van der Waals surface area (Å²) in [6, 6.07) is 2.63. The number of hydrogen-bond donors (Lipinski definition) is 1.